The fraction of sp³-hybridized carbons (Fsp3) is 0.625. The first-order valence-electron chi connectivity index (χ1n) is 7.30. The fourth-order valence-electron chi connectivity index (χ4n) is 4.04. The molecule has 2 unspecified atom stereocenters. The molecule has 0 amide bonds. The quantitative estimate of drug-likeness (QED) is 0.799. The molecule has 2 heteroatoms. The second-order valence-corrected chi connectivity index (χ2v) is 5.62. The molecule has 2 aliphatic heterocycles. The van der Waals surface area contributed by atoms with Crippen molar-refractivity contribution in [2.45, 2.75) is 58.6 Å². The van der Waals surface area contributed by atoms with E-state index in [1.165, 1.54) is 24.1 Å². The lowest BCUT2D eigenvalue weighted by molar-refractivity contribution is 0.0279. The van der Waals surface area contributed by atoms with Crippen LogP contribution in [0.3, 0.4) is 0 Å². The lowest BCUT2D eigenvalue weighted by Gasteiger charge is -2.34. The van der Waals surface area contributed by atoms with E-state index in [1.54, 1.807) is 0 Å². The van der Waals surface area contributed by atoms with Crippen LogP contribution in [-0.4, -0.2) is 12.1 Å². The molecule has 2 atom stereocenters. The number of anilines is 1. The maximum absolute atomic E-state index is 6.29. The van der Waals surface area contributed by atoms with Gasteiger partial charge in [-0.1, -0.05) is 39.0 Å². The molecule has 0 aliphatic carbocycles. The largest absolute Gasteiger partial charge is 0.269 e. The van der Waals surface area contributed by atoms with Crippen LogP contribution in [-0.2, 0) is 11.3 Å². The number of fused-ring (bicyclic) bond motifs is 3. The molecule has 1 fully saturated rings. The van der Waals surface area contributed by atoms with Gasteiger partial charge in [-0.2, -0.15) is 0 Å². The van der Waals surface area contributed by atoms with Gasteiger partial charge in [0.15, 0.2) is 0 Å². The predicted octanol–water partition coefficient (Wildman–Crippen LogP) is 3.95. The van der Waals surface area contributed by atoms with Gasteiger partial charge in [0.25, 0.3) is 0 Å². The first kappa shape index (κ1) is 12.0. The third-order valence-corrected chi connectivity index (χ3v) is 5.16. The van der Waals surface area contributed by atoms with Gasteiger partial charge in [0, 0.05) is 5.41 Å². The zero-order valence-electron chi connectivity index (χ0n) is 11.6. The van der Waals surface area contributed by atoms with Crippen LogP contribution in [0.4, 0.5) is 5.69 Å². The maximum Gasteiger partial charge on any atom is 0.0930 e. The molecule has 18 heavy (non-hydrogen) atoms. The van der Waals surface area contributed by atoms with Gasteiger partial charge in [-0.15, -0.1) is 0 Å². The second-order valence-electron chi connectivity index (χ2n) is 5.62. The van der Waals surface area contributed by atoms with Crippen LogP contribution in [0.2, 0.25) is 0 Å². The number of rotatable bonds is 3. The summed E-state index contributed by atoms with van der Waals surface area (Å²) in [6, 6.07) is 9.23. The Kier molecular flexibility index (Phi) is 2.86. The lowest BCUT2D eigenvalue weighted by Crippen LogP contribution is -2.40. The van der Waals surface area contributed by atoms with Crippen molar-refractivity contribution in [3.05, 3.63) is 29.8 Å². The van der Waals surface area contributed by atoms with Gasteiger partial charge in [-0.3, -0.25) is 4.84 Å². The van der Waals surface area contributed by atoms with Crippen LogP contribution in [0, 0.1) is 5.41 Å². The molecule has 1 saturated heterocycles. The van der Waals surface area contributed by atoms with Gasteiger partial charge in [0.1, 0.15) is 0 Å². The van der Waals surface area contributed by atoms with Gasteiger partial charge < -0.3 is 0 Å². The average Bonchev–Trinajstić information content (AvgIpc) is 2.92. The Morgan fingerprint density at radius 2 is 1.94 bits per heavy atom. The standard InChI is InChI=1S/C16H23NO/c1-4-15-16(5-2,6-3)14-11-12-9-7-8-10-13(12)17(14)18-15/h7-10,14-15H,4-6,11H2,1-3H3. The van der Waals surface area contributed by atoms with Crippen LogP contribution in [0.25, 0.3) is 0 Å². The smallest absolute Gasteiger partial charge is 0.0930 e. The summed E-state index contributed by atoms with van der Waals surface area (Å²) in [7, 11) is 0. The van der Waals surface area contributed by atoms with Crippen molar-refractivity contribution in [3.63, 3.8) is 0 Å². The van der Waals surface area contributed by atoms with E-state index in [4.69, 9.17) is 4.84 Å². The molecule has 1 aromatic carbocycles. The van der Waals surface area contributed by atoms with Crippen LogP contribution in [0.5, 0.6) is 0 Å². The van der Waals surface area contributed by atoms with Crippen LogP contribution in [0.15, 0.2) is 24.3 Å². The monoisotopic (exact) mass is 245 g/mol. The summed E-state index contributed by atoms with van der Waals surface area (Å²) >= 11 is 0. The van der Waals surface area contributed by atoms with Crippen molar-refractivity contribution in [1.82, 2.24) is 0 Å². The first-order chi connectivity index (χ1) is 8.76. The molecule has 2 aliphatic rings. The first-order valence-corrected chi connectivity index (χ1v) is 7.30. The maximum atomic E-state index is 6.29. The van der Waals surface area contributed by atoms with E-state index in [1.807, 2.05) is 0 Å². The Labute approximate surface area is 110 Å². The Morgan fingerprint density at radius 1 is 1.22 bits per heavy atom. The molecule has 1 aromatic rings. The normalized spacial score (nSPS) is 28.3. The van der Waals surface area contributed by atoms with Crippen molar-refractivity contribution in [1.29, 1.82) is 0 Å². The third-order valence-electron chi connectivity index (χ3n) is 5.16. The Bertz CT molecular complexity index is 438. The molecular formula is C16H23NO. The number of hydrogen-bond acceptors (Lipinski definition) is 2. The van der Waals surface area contributed by atoms with Crippen molar-refractivity contribution in [2.24, 2.45) is 5.41 Å². The minimum Gasteiger partial charge on any atom is -0.269 e. The topological polar surface area (TPSA) is 12.5 Å². The lowest BCUT2D eigenvalue weighted by atomic mass is 9.70. The van der Waals surface area contributed by atoms with Gasteiger partial charge >= 0.3 is 0 Å². The highest BCUT2D eigenvalue weighted by Crippen LogP contribution is 2.52. The number of hydrogen-bond donors (Lipinski definition) is 0. The highest BCUT2D eigenvalue weighted by molar-refractivity contribution is 5.59. The summed E-state index contributed by atoms with van der Waals surface area (Å²) in [6.07, 6.45) is 5.05. The summed E-state index contributed by atoms with van der Waals surface area (Å²) in [5.74, 6) is 0. The molecule has 0 spiro atoms. The van der Waals surface area contributed by atoms with Crippen molar-refractivity contribution in [3.8, 4) is 0 Å². The molecule has 0 radical (unpaired) electrons. The number of para-hydroxylation sites is 1. The zero-order valence-corrected chi connectivity index (χ0v) is 11.6. The molecule has 0 saturated carbocycles. The van der Waals surface area contributed by atoms with Crippen LogP contribution < -0.4 is 5.06 Å². The van der Waals surface area contributed by atoms with E-state index in [2.05, 4.69) is 50.1 Å². The minimum atomic E-state index is 0.327. The van der Waals surface area contributed by atoms with Gasteiger partial charge in [0.05, 0.1) is 17.8 Å². The van der Waals surface area contributed by atoms with Crippen LogP contribution in [0.1, 0.15) is 45.6 Å². The Hall–Kier alpha value is -1.02. The van der Waals surface area contributed by atoms with E-state index in [-0.39, 0.29) is 0 Å². The van der Waals surface area contributed by atoms with Gasteiger partial charge in [0.2, 0.25) is 0 Å². The van der Waals surface area contributed by atoms with Crippen LogP contribution >= 0.6 is 0 Å². The van der Waals surface area contributed by atoms with Crippen molar-refractivity contribution >= 4 is 5.69 Å². The summed E-state index contributed by atoms with van der Waals surface area (Å²) < 4.78 is 0. The van der Waals surface area contributed by atoms with Crippen molar-refractivity contribution in [2.75, 3.05) is 5.06 Å². The fourth-order valence-corrected chi connectivity index (χ4v) is 4.04. The molecule has 0 bridgehead atoms. The molecule has 2 nitrogen and oxygen atoms in total. The Morgan fingerprint density at radius 3 is 2.61 bits per heavy atom. The summed E-state index contributed by atoms with van der Waals surface area (Å²) in [5.41, 5.74) is 3.07. The molecule has 98 valence electrons. The van der Waals surface area contributed by atoms with Gasteiger partial charge in [-0.05, 0) is 37.3 Å². The highest BCUT2D eigenvalue weighted by atomic mass is 16.7. The number of nitrogens with zero attached hydrogens (tertiary/aromatic N) is 1. The summed E-state index contributed by atoms with van der Waals surface area (Å²) in [5, 5.41) is 2.22. The molecule has 2 heterocycles. The van der Waals surface area contributed by atoms with E-state index < -0.39 is 0 Å². The van der Waals surface area contributed by atoms with Gasteiger partial charge in [-0.25, -0.2) is 5.06 Å². The molecular weight excluding hydrogens is 222 g/mol. The van der Waals surface area contributed by atoms with E-state index in [0.29, 0.717) is 17.6 Å². The molecule has 3 rings (SSSR count). The molecule has 0 N–H and O–H groups in total. The average molecular weight is 245 g/mol. The molecule has 0 aromatic heterocycles. The third kappa shape index (κ3) is 1.38. The Balaban J connectivity index is 2.02. The SMILES string of the molecule is CCC1ON2c3ccccc3CC2C1(CC)CC. The number of hydroxylamine groups is 1. The van der Waals surface area contributed by atoms with E-state index in [0.717, 1.165) is 12.8 Å². The second kappa shape index (κ2) is 4.27. The van der Waals surface area contributed by atoms with Crippen molar-refractivity contribution < 1.29 is 4.84 Å². The minimum absolute atomic E-state index is 0.327. The summed E-state index contributed by atoms with van der Waals surface area (Å²) in [6.45, 7) is 6.89. The van der Waals surface area contributed by atoms with E-state index >= 15 is 0 Å². The zero-order chi connectivity index (χ0) is 12.8. The highest BCUT2D eigenvalue weighted by Gasteiger charge is 2.55. The predicted molar refractivity (Wildman–Crippen MR) is 74.6 cm³/mol. The summed E-state index contributed by atoms with van der Waals surface area (Å²) in [4.78, 5) is 6.29. The van der Waals surface area contributed by atoms with E-state index in [9.17, 15) is 0 Å². The number of benzene rings is 1.